The summed E-state index contributed by atoms with van der Waals surface area (Å²) in [5, 5.41) is 7.05. The second kappa shape index (κ2) is 10.5. The van der Waals surface area contributed by atoms with Gasteiger partial charge in [0.15, 0.2) is 0 Å². The van der Waals surface area contributed by atoms with Gasteiger partial charge in [0, 0.05) is 35.7 Å². The van der Waals surface area contributed by atoms with Gasteiger partial charge in [-0.15, -0.1) is 11.8 Å². The Morgan fingerprint density at radius 1 is 1.21 bits per heavy atom. The number of ether oxygens (including phenoxy) is 1. The molecule has 4 rings (SSSR count). The number of rotatable bonds is 3. The van der Waals surface area contributed by atoms with E-state index < -0.39 is 50.8 Å². The maximum absolute atomic E-state index is 14.6. The highest BCUT2D eigenvalue weighted by Gasteiger charge is 2.38. The van der Waals surface area contributed by atoms with E-state index >= 15 is 0 Å². The van der Waals surface area contributed by atoms with Crippen molar-refractivity contribution in [2.75, 3.05) is 26.1 Å². The molecule has 34 heavy (non-hydrogen) atoms. The van der Waals surface area contributed by atoms with E-state index in [0.29, 0.717) is 30.9 Å². The van der Waals surface area contributed by atoms with Gasteiger partial charge in [-0.05, 0) is 24.3 Å². The Morgan fingerprint density at radius 3 is 2.50 bits per heavy atom. The zero-order valence-electron chi connectivity index (χ0n) is 17.6. The highest BCUT2D eigenvalue weighted by molar-refractivity contribution is 7.99. The molecule has 1 aliphatic heterocycles. The molecule has 0 bridgehead atoms. The fourth-order valence-electron chi connectivity index (χ4n) is 3.47. The van der Waals surface area contributed by atoms with Crippen molar-refractivity contribution in [3.05, 3.63) is 61.3 Å². The minimum absolute atomic E-state index is 0.0101. The quantitative estimate of drug-likeness (QED) is 0.391. The number of benzene rings is 2. The van der Waals surface area contributed by atoms with E-state index in [1.807, 2.05) is 4.98 Å². The van der Waals surface area contributed by atoms with E-state index in [1.54, 1.807) is 7.11 Å². The van der Waals surface area contributed by atoms with Crippen LogP contribution in [0.3, 0.4) is 0 Å². The number of aryl methyl sites for hydroxylation is 1. The van der Waals surface area contributed by atoms with Gasteiger partial charge in [0.05, 0.1) is 34.7 Å². The number of hydrogen-bond donors (Lipinski definition) is 2. The molecule has 1 aliphatic rings. The highest BCUT2D eigenvalue weighted by atomic mass is 35.5. The number of hydrogen-bond acceptors (Lipinski definition) is 5. The van der Waals surface area contributed by atoms with E-state index in [4.69, 9.17) is 16.7 Å². The standard InChI is InChI=1S/C18H10ClF5N2O2S.C3H8O2/c19-10-5-7(11(20)6-12(10)21)13-9(18(22,23)24)4-8-14-15(13)29-3-1-2-26(14)17(28)25-16(8)27;1-5-3-2-4/h4-6H,1-3H2,(H,25,27,28);4H,2-3H2,1H3. The van der Waals surface area contributed by atoms with Gasteiger partial charge in [-0.25, -0.2) is 13.6 Å². The lowest BCUT2D eigenvalue weighted by atomic mass is 9.96. The number of nitrogens with one attached hydrogen (secondary N) is 1. The van der Waals surface area contributed by atoms with Crippen molar-refractivity contribution in [1.82, 2.24) is 9.55 Å². The van der Waals surface area contributed by atoms with Crippen LogP contribution in [0.2, 0.25) is 5.02 Å². The first-order chi connectivity index (χ1) is 16.0. The number of aromatic nitrogens is 2. The molecule has 0 saturated carbocycles. The molecule has 0 aliphatic carbocycles. The SMILES string of the molecule is COCCO.O=c1[nH]c(=O)n2c3c(c(-c4cc(Cl)c(F)cc4F)c(C(F)(F)F)cc13)SCCC2. The molecule has 0 amide bonds. The molecular weight excluding hydrogens is 507 g/mol. The van der Waals surface area contributed by atoms with Crippen molar-refractivity contribution in [1.29, 1.82) is 0 Å². The number of aliphatic hydroxyl groups excluding tert-OH is 1. The van der Waals surface area contributed by atoms with Gasteiger partial charge < -0.3 is 9.84 Å². The van der Waals surface area contributed by atoms with Crippen LogP contribution in [0.5, 0.6) is 0 Å². The maximum Gasteiger partial charge on any atom is 0.417 e. The Balaban J connectivity index is 0.000000588. The molecule has 13 heteroatoms. The summed E-state index contributed by atoms with van der Waals surface area (Å²) in [5.41, 5.74) is -4.16. The minimum atomic E-state index is -4.95. The van der Waals surface area contributed by atoms with Crippen molar-refractivity contribution in [2.24, 2.45) is 0 Å². The summed E-state index contributed by atoms with van der Waals surface area (Å²) in [6.07, 6.45) is -4.51. The second-order valence-corrected chi connectivity index (χ2v) is 8.61. The van der Waals surface area contributed by atoms with Gasteiger partial charge >= 0.3 is 11.9 Å². The number of aliphatic hydroxyl groups is 1. The number of aromatic amines is 1. The summed E-state index contributed by atoms with van der Waals surface area (Å²) in [4.78, 5) is 26.5. The monoisotopic (exact) mass is 524 g/mol. The van der Waals surface area contributed by atoms with E-state index in [9.17, 15) is 31.5 Å². The van der Waals surface area contributed by atoms with E-state index in [-0.39, 0.29) is 29.0 Å². The molecule has 1 aromatic heterocycles. The summed E-state index contributed by atoms with van der Waals surface area (Å²) in [6, 6.07) is 1.77. The topological polar surface area (TPSA) is 84.3 Å². The number of H-pyrrole nitrogens is 1. The third kappa shape index (κ3) is 5.14. The van der Waals surface area contributed by atoms with Crippen LogP contribution >= 0.6 is 23.4 Å². The average Bonchev–Trinajstić information content (AvgIpc) is 2.98. The summed E-state index contributed by atoms with van der Waals surface area (Å²) >= 11 is 6.68. The molecule has 0 spiro atoms. The van der Waals surface area contributed by atoms with Crippen LogP contribution in [0, 0.1) is 11.6 Å². The Hall–Kier alpha value is -2.41. The van der Waals surface area contributed by atoms with Gasteiger partial charge in [0.2, 0.25) is 0 Å². The number of methoxy groups -OCH3 is 1. The molecule has 2 aromatic carbocycles. The van der Waals surface area contributed by atoms with Crippen LogP contribution in [0.25, 0.3) is 22.0 Å². The third-order valence-electron chi connectivity index (χ3n) is 4.89. The van der Waals surface area contributed by atoms with Gasteiger partial charge in [-0.2, -0.15) is 13.2 Å². The van der Waals surface area contributed by atoms with Gasteiger partial charge in [0.25, 0.3) is 5.56 Å². The van der Waals surface area contributed by atoms with Crippen LogP contribution in [-0.4, -0.2) is 40.7 Å². The van der Waals surface area contributed by atoms with Crippen LogP contribution < -0.4 is 11.2 Å². The van der Waals surface area contributed by atoms with Crippen LogP contribution in [0.4, 0.5) is 22.0 Å². The molecule has 2 heterocycles. The van der Waals surface area contributed by atoms with Gasteiger partial charge in [-0.3, -0.25) is 14.3 Å². The van der Waals surface area contributed by atoms with E-state index in [0.717, 1.165) is 17.8 Å². The van der Waals surface area contributed by atoms with Crippen LogP contribution in [0.1, 0.15) is 12.0 Å². The molecule has 0 unspecified atom stereocenters. The first-order valence-electron chi connectivity index (χ1n) is 9.79. The first-order valence-corrected chi connectivity index (χ1v) is 11.2. The predicted octanol–water partition coefficient (Wildman–Crippen LogP) is 4.43. The molecule has 2 N–H and O–H groups in total. The molecule has 0 radical (unpaired) electrons. The normalized spacial score (nSPS) is 13.4. The molecular formula is C21H18ClF5N2O4S. The average molecular weight is 525 g/mol. The molecule has 0 atom stereocenters. The summed E-state index contributed by atoms with van der Waals surface area (Å²) in [7, 11) is 1.55. The Labute approximate surface area is 198 Å². The zero-order valence-corrected chi connectivity index (χ0v) is 19.1. The lowest BCUT2D eigenvalue weighted by Gasteiger charge is -2.20. The lowest BCUT2D eigenvalue weighted by Crippen LogP contribution is -2.30. The Morgan fingerprint density at radius 2 is 1.91 bits per heavy atom. The first kappa shape index (κ1) is 26.2. The minimum Gasteiger partial charge on any atom is -0.394 e. The lowest BCUT2D eigenvalue weighted by molar-refractivity contribution is -0.137. The van der Waals surface area contributed by atoms with Crippen molar-refractivity contribution in [3.63, 3.8) is 0 Å². The van der Waals surface area contributed by atoms with Crippen molar-refractivity contribution >= 4 is 34.3 Å². The van der Waals surface area contributed by atoms with E-state index in [2.05, 4.69) is 4.74 Å². The molecule has 184 valence electrons. The van der Waals surface area contributed by atoms with Crippen molar-refractivity contribution in [3.8, 4) is 11.1 Å². The summed E-state index contributed by atoms with van der Waals surface area (Å²) < 4.78 is 75.5. The second-order valence-electron chi connectivity index (χ2n) is 7.10. The van der Waals surface area contributed by atoms with Crippen LogP contribution in [0.15, 0.2) is 32.7 Å². The van der Waals surface area contributed by atoms with Crippen LogP contribution in [-0.2, 0) is 17.5 Å². The Kier molecular flexibility index (Phi) is 8.06. The number of thioether (sulfide) groups is 1. The Bertz CT molecular complexity index is 1340. The number of nitrogens with zero attached hydrogens (tertiary/aromatic N) is 1. The highest BCUT2D eigenvalue weighted by Crippen LogP contribution is 2.47. The summed E-state index contributed by atoms with van der Waals surface area (Å²) in [6.45, 7) is 0.736. The fraction of sp³-hybridized carbons (Fsp3) is 0.333. The van der Waals surface area contributed by atoms with Crippen molar-refractivity contribution in [2.45, 2.75) is 24.0 Å². The van der Waals surface area contributed by atoms with Gasteiger partial charge in [-0.1, -0.05) is 11.6 Å². The smallest absolute Gasteiger partial charge is 0.394 e. The zero-order chi connectivity index (χ0) is 25.2. The fourth-order valence-corrected chi connectivity index (χ4v) is 4.83. The molecule has 0 fully saturated rings. The number of halogens is 6. The predicted molar refractivity (Wildman–Crippen MR) is 118 cm³/mol. The third-order valence-corrected chi connectivity index (χ3v) is 6.36. The molecule has 0 saturated heterocycles. The van der Waals surface area contributed by atoms with Gasteiger partial charge in [0.1, 0.15) is 11.6 Å². The number of alkyl halides is 3. The molecule has 3 aromatic rings. The summed E-state index contributed by atoms with van der Waals surface area (Å²) in [5.74, 6) is -2.03. The molecule has 6 nitrogen and oxygen atoms in total. The maximum atomic E-state index is 14.6. The van der Waals surface area contributed by atoms with E-state index in [1.165, 1.54) is 4.57 Å². The van der Waals surface area contributed by atoms with Crippen molar-refractivity contribution < 1.29 is 31.8 Å². The largest absolute Gasteiger partial charge is 0.417 e.